The predicted molar refractivity (Wildman–Crippen MR) is 81.4 cm³/mol. The van der Waals surface area contributed by atoms with Gasteiger partial charge >= 0.3 is 5.69 Å². The zero-order valence-electron chi connectivity index (χ0n) is 12.7. The highest BCUT2D eigenvalue weighted by molar-refractivity contribution is 5.68. The molecule has 0 fully saturated rings. The molecule has 1 N–H and O–H groups in total. The van der Waals surface area contributed by atoms with Crippen molar-refractivity contribution >= 4 is 11.4 Å². The van der Waals surface area contributed by atoms with Crippen LogP contribution >= 0.6 is 0 Å². The van der Waals surface area contributed by atoms with Gasteiger partial charge in [0.05, 0.1) is 11.5 Å². The first-order valence-electron chi connectivity index (χ1n) is 7.05. The number of para-hydroxylation sites is 1. The van der Waals surface area contributed by atoms with Crippen LogP contribution in [0.1, 0.15) is 40.5 Å². The first kappa shape index (κ1) is 16.3. The molecule has 0 atom stereocenters. The maximum atomic E-state index is 11.3. The molecule has 1 aromatic carbocycles. The summed E-state index contributed by atoms with van der Waals surface area (Å²) in [5.41, 5.74) is 0.631. The second kappa shape index (κ2) is 7.12. The van der Waals surface area contributed by atoms with Gasteiger partial charge in [-0.15, -0.1) is 0 Å². The van der Waals surface area contributed by atoms with E-state index in [4.69, 9.17) is 4.74 Å². The van der Waals surface area contributed by atoms with Crippen molar-refractivity contribution in [2.24, 2.45) is 5.41 Å². The van der Waals surface area contributed by atoms with Gasteiger partial charge in [-0.1, -0.05) is 33.8 Å². The quantitative estimate of drug-likeness (QED) is 0.571. The van der Waals surface area contributed by atoms with Crippen LogP contribution < -0.4 is 10.1 Å². The lowest BCUT2D eigenvalue weighted by Gasteiger charge is -2.23. The largest absolute Gasteiger partial charge is 0.487 e. The number of nitro benzene ring substituents is 1. The van der Waals surface area contributed by atoms with E-state index in [1.54, 1.807) is 18.2 Å². The number of hydrogen-bond donors (Lipinski definition) is 1. The van der Waals surface area contributed by atoms with Crippen molar-refractivity contribution in [2.45, 2.75) is 40.5 Å². The Morgan fingerprint density at radius 1 is 1.35 bits per heavy atom. The van der Waals surface area contributed by atoms with Gasteiger partial charge in [0.2, 0.25) is 0 Å². The number of rotatable bonds is 8. The molecule has 0 aliphatic rings. The van der Waals surface area contributed by atoms with Gasteiger partial charge in [-0.05, 0) is 30.4 Å². The summed E-state index contributed by atoms with van der Waals surface area (Å²) in [5, 5.41) is 14.5. The van der Waals surface area contributed by atoms with Crippen molar-refractivity contribution in [2.75, 3.05) is 18.5 Å². The Labute approximate surface area is 120 Å². The molecular weight excluding hydrogens is 256 g/mol. The molecule has 0 radical (unpaired) electrons. The van der Waals surface area contributed by atoms with Crippen LogP contribution in [0.15, 0.2) is 18.2 Å². The van der Waals surface area contributed by atoms with Gasteiger partial charge in [0, 0.05) is 6.54 Å². The van der Waals surface area contributed by atoms with Crippen LogP contribution in [0.4, 0.5) is 11.4 Å². The molecule has 20 heavy (non-hydrogen) atoms. The molecule has 1 rings (SSSR count). The summed E-state index contributed by atoms with van der Waals surface area (Å²) in [4.78, 5) is 10.9. The minimum Gasteiger partial charge on any atom is -0.487 e. The highest BCUT2D eigenvalue weighted by atomic mass is 16.6. The number of anilines is 1. The first-order valence-corrected chi connectivity index (χ1v) is 7.05. The fourth-order valence-corrected chi connectivity index (χ4v) is 1.64. The van der Waals surface area contributed by atoms with Gasteiger partial charge in [-0.2, -0.15) is 0 Å². The monoisotopic (exact) mass is 280 g/mol. The number of benzene rings is 1. The molecule has 0 saturated carbocycles. The maximum Gasteiger partial charge on any atom is 0.333 e. The molecular formula is C15H24N2O3. The highest BCUT2D eigenvalue weighted by Gasteiger charge is 2.23. The van der Waals surface area contributed by atoms with Crippen LogP contribution in [-0.4, -0.2) is 18.1 Å². The van der Waals surface area contributed by atoms with Crippen LogP contribution in [0, 0.1) is 15.5 Å². The summed E-state index contributed by atoms with van der Waals surface area (Å²) in [6, 6.07) is 5.14. The third kappa shape index (κ3) is 4.40. The van der Waals surface area contributed by atoms with Crippen LogP contribution in [-0.2, 0) is 0 Å². The van der Waals surface area contributed by atoms with Crippen LogP contribution in [0.5, 0.6) is 5.75 Å². The molecule has 0 bridgehead atoms. The van der Waals surface area contributed by atoms with E-state index in [1.165, 1.54) is 0 Å². The molecule has 5 heteroatoms. The minimum atomic E-state index is -0.383. The molecule has 0 aromatic heterocycles. The summed E-state index contributed by atoms with van der Waals surface area (Å²) < 4.78 is 5.46. The Morgan fingerprint density at radius 3 is 2.60 bits per heavy atom. The lowest BCUT2D eigenvalue weighted by Crippen LogP contribution is -2.22. The van der Waals surface area contributed by atoms with Gasteiger partial charge in [0.15, 0.2) is 5.75 Å². The van der Waals surface area contributed by atoms with Gasteiger partial charge in [-0.25, -0.2) is 0 Å². The first-order chi connectivity index (χ1) is 9.41. The van der Waals surface area contributed by atoms with E-state index in [2.05, 4.69) is 26.1 Å². The molecule has 0 aliphatic heterocycles. The molecule has 0 amide bonds. The van der Waals surface area contributed by atoms with Gasteiger partial charge in [0.1, 0.15) is 5.69 Å². The van der Waals surface area contributed by atoms with Crippen molar-refractivity contribution in [1.29, 1.82) is 0 Å². The molecule has 112 valence electrons. The second-order valence-electron chi connectivity index (χ2n) is 5.63. The summed E-state index contributed by atoms with van der Waals surface area (Å²) >= 11 is 0. The summed E-state index contributed by atoms with van der Waals surface area (Å²) in [5.74, 6) is 0.330. The van der Waals surface area contributed by atoms with Crippen LogP contribution in [0.2, 0.25) is 0 Å². The van der Waals surface area contributed by atoms with Crippen molar-refractivity contribution in [1.82, 2.24) is 0 Å². The predicted octanol–water partition coefficient (Wildman–Crippen LogP) is 4.23. The Morgan fingerprint density at radius 2 is 2.05 bits per heavy atom. The zero-order valence-corrected chi connectivity index (χ0v) is 12.7. The highest BCUT2D eigenvalue weighted by Crippen LogP contribution is 2.35. The molecule has 0 unspecified atom stereocenters. The van der Waals surface area contributed by atoms with Crippen LogP contribution in [0.3, 0.4) is 0 Å². The van der Waals surface area contributed by atoms with E-state index in [-0.39, 0.29) is 16.0 Å². The van der Waals surface area contributed by atoms with Gasteiger partial charge in [-0.3, -0.25) is 10.1 Å². The zero-order chi connectivity index (χ0) is 15.2. The van der Waals surface area contributed by atoms with E-state index in [1.807, 2.05) is 6.92 Å². The Bertz CT molecular complexity index is 458. The number of nitro groups is 1. The van der Waals surface area contributed by atoms with Gasteiger partial charge in [0.25, 0.3) is 0 Å². The van der Waals surface area contributed by atoms with E-state index in [0.717, 1.165) is 12.8 Å². The number of nitrogens with zero attached hydrogens (tertiary/aromatic N) is 1. The smallest absolute Gasteiger partial charge is 0.333 e. The van der Waals surface area contributed by atoms with Crippen molar-refractivity contribution in [3.05, 3.63) is 28.3 Å². The molecule has 0 heterocycles. The Balaban J connectivity index is 2.97. The second-order valence-corrected chi connectivity index (χ2v) is 5.63. The van der Waals surface area contributed by atoms with Crippen molar-refractivity contribution in [3.63, 3.8) is 0 Å². The maximum absolute atomic E-state index is 11.3. The number of nitrogens with one attached hydrogen (secondary N) is 1. The average Bonchev–Trinajstić information content (AvgIpc) is 2.42. The third-order valence-corrected chi connectivity index (χ3v) is 3.36. The Hall–Kier alpha value is -1.78. The van der Waals surface area contributed by atoms with Crippen LogP contribution in [0.25, 0.3) is 0 Å². The lowest BCUT2D eigenvalue weighted by molar-refractivity contribution is -0.385. The standard InChI is InChI=1S/C15H24N2O3/c1-5-10-20-13-9-7-8-12(14(13)17(18)19)16-11-15(3,4)6-2/h7-9,16H,5-6,10-11H2,1-4H3. The fourth-order valence-electron chi connectivity index (χ4n) is 1.64. The Kier molecular flexibility index (Phi) is 5.80. The molecule has 1 aromatic rings. The summed E-state index contributed by atoms with van der Waals surface area (Å²) in [6.45, 7) is 9.49. The summed E-state index contributed by atoms with van der Waals surface area (Å²) in [6.07, 6.45) is 1.82. The normalized spacial score (nSPS) is 11.2. The fraction of sp³-hybridized carbons (Fsp3) is 0.600. The average molecular weight is 280 g/mol. The molecule has 5 nitrogen and oxygen atoms in total. The van der Waals surface area contributed by atoms with E-state index < -0.39 is 0 Å². The topological polar surface area (TPSA) is 64.4 Å². The van der Waals surface area contributed by atoms with Crippen molar-refractivity contribution in [3.8, 4) is 5.75 Å². The van der Waals surface area contributed by atoms with E-state index in [9.17, 15) is 10.1 Å². The van der Waals surface area contributed by atoms with E-state index >= 15 is 0 Å². The molecule has 0 saturated heterocycles. The number of ether oxygens (including phenoxy) is 1. The minimum absolute atomic E-state index is 0.0212. The number of hydrogen-bond acceptors (Lipinski definition) is 4. The SMILES string of the molecule is CCCOc1cccc(NCC(C)(C)CC)c1[N+](=O)[O-]. The summed E-state index contributed by atoms with van der Waals surface area (Å²) in [7, 11) is 0. The molecule has 0 aliphatic carbocycles. The van der Waals surface area contributed by atoms with Gasteiger partial charge < -0.3 is 10.1 Å². The lowest BCUT2D eigenvalue weighted by atomic mass is 9.90. The van der Waals surface area contributed by atoms with E-state index in [0.29, 0.717) is 24.6 Å². The molecule has 0 spiro atoms. The van der Waals surface area contributed by atoms with Crippen molar-refractivity contribution < 1.29 is 9.66 Å². The third-order valence-electron chi connectivity index (χ3n) is 3.36.